The maximum absolute atomic E-state index is 12.3. The summed E-state index contributed by atoms with van der Waals surface area (Å²) in [6.45, 7) is 2.99. The number of ether oxygens (including phenoxy) is 2. The fourth-order valence-corrected chi connectivity index (χ4v) is 3.05. The van der Waals surface area contributed by atoms with Gasteiger partial charge in [-0.2, -0.15) is 0 Å². The minimum absolute atomic E-state index is 0.0177. The van der Waals surface area contributed by atoms with Gasteiger partial charge in [0.25, 0.3) is 0 Å². The zero-order valence-corrected chi connectivity index (χ0v) is 15.3. The Morgan fingerprint density at radius 1 is 1.37 bits per heavy atom. The fourth-order valence-electron chi connectivity index (χ4n) is 3.05. The highest BCUT2D eigenvalue weighted by atomic mass is 16.5. The van der Waals surface area contributed by atoms with Crippen molar-refractivity contribution in [2.45, 2.75) is 19.4 Å². The van der Waals surface area contributed by atoms with Crippen LogP contribution < -0.4 is 10.1 Å². The van der Waals surface area contributed by atoms with Gasteiger partial charge in [-0.05, 0) is 37.6 Å². The number of amides is 1. The SMILES string of the molecule is COc1ccc(-c2cc3nc([C@@H](C)NC(=O)C4CCOC4)nn3cn2)cc1. The second kappa shape index (κ2) is 7.32. The van der Waals surface area contributed by atoms with E-state index in [9.17, 15) is 4.79 Å². The number of carbonyl (C=O) groups is 1. The first-order valence-electron chi connectivity index (χ1n) is 8.89. The molecular formula is C19H21N5O3. The Hall–Kier alpha value is -3.00. The normalized spacial score (nSPS) is 17.8. The molecule has 140 valence electrons. The Morgan fingerprint density at radius 3 is 2.89 bits per heavy atom. The number of aromatic nitrogens is 4. The van der Waals surface area contributed by atoms with Gasteiger partial charge in [-0.15, -0.1) is 5.10 Å². The summed E-state index contributed by atoms with van der Waals surface area (Å²) in [7, 11) is 1.64. The lowest BCUT2D eigenvalue weighted by atomic mass is 10.1. The molecule has 0 radical (unpaired) electrons. The topological polar surface area (TPSA) is 90.6 Å². The lowest BCUT2D eigenvalue weighted by Crippen LogP contribution is -2.33. The third-order valence-electron chi connectivity index (χ3n) is 4.68. The van der Waals surface area contributed by atoms with Gasteiger partial charge in [-0.1, -0.05) is 0 Å². The highest BCUT2D eigenvalue weighted by molar-refractivity contribution is 5.79. The second-order valence-electron chi connectivity index (χ2n) is 6.57. The van der Waals surface area contributed by atoms with E-state index in [2.05, 4.69) is 20.4 Å². The monoisotopic (exact) mass is 367 g/mol. The van der Waals surface area contributed by atoms with Gasteiger partial charge in [0.1, 0.15) is 12.1 Å². The Labute approximate surface area is 156 Å². The number of nitrogens with one attached hydrogen (secondary N) is 1. The number of benzene rings is 1. The van der Waals surface area contributed by atoms with Crippen molar-refractivity contribution in [3.63, 3.8) is 0 Å². The molecule has 1 saturated heterocycles. The average Bonchev–Trinajstić information content (AvgIpc) is 3.37. The molecule has 8 nitrogen and oxygen atoms in total. The highest BCUT2D eigenvalue weighted by Gasteiger charge is 2.25. The van der Waals surface area contributed by atoms with E-state index in [4.69, 9.17) is 9.47 Å². The lowest BCUT2D eigenvalue weighted by molar-refractivity contribution is -0.125. The Morgan fingerprint density at radius 2 is 2.19 bits per heavy atom. The van der Waals surface area contributed by atoms with Crippen LogP contribution in [0.3, 0.4) is 0 Å². The first-order chi connectivity index (χ1) is 13.1. The molecule has 27 heavy (non-hydrogen) atoms. The molecule has 1 aromatic carbocycles. The molecule has 1 aliphatic heterocycles. The van der Waals surface area contributed by atoms with Gasteiger partial charge in [0.15, 0.2) is 11.5 Å². The van der Waals surface area contributed by atoms with E-state index < -0.39 is 0 Å². The summed E-state index contributed by atoms with van der Waals surface area (Å²) in [4.78, 5) is 21.3. The molecule has 0 spiro atoms. The molecule has 4 rings (SSSR count). The summed E-state index contributed by atoms with van der Waals surface area (Å²) in [5, 5.41) is 7.40. The molecule has 1 unspecified atom stereocenters. The quantitative estimate of drug-likeness (QED) is 0.742. The predicted octanol–water partition coefficient (Wildman–Crippen LogP) is 2.01. The molecule has 1 fully saturated rings. The van der Waals surface area contributed by atoms with Crippen LogP contribution in [0.25, 0.3) is 16.9 Å². The molecule has 3 aromatic rings. The van der Waals surface area contributed by atoms with E-state index in [0.717, 1.165) is 23.4 Å². The lowest BCUT2D eigenvalue weighted by Gasteiger charge is -2.13. The van der Waals surface area contributed by atoms with E-state index in [0.29, 0.717) is 24.7 Å². The summed E-state index contributed by atoms with van der Waals surface area (Å²) >= 11 is 0. The zero-order valence-electron chi connectivity index (χ0n) is 15.3. The van der Waals surface area contributed by atoms with Crippen molar-refractivity contribution in [1.29, 1.82) is 0 Å². The fraction of sp³-hybridized carbons (Fsp3) is 0.368. The van der Waals surface area contributed by atoms with Crippen LogP contribution in [-0.2, 0) is 9.53 Å². The van der Waals surface area contributed by atoms with Crippen LogP contribution in [0.2, 0.25) is 0 Å². The van der Waals surface area contributed by atoms with Crippen LogP contribution in [-0.4, -0.2) is 45.8 Å². The van der Waals surface area contributed by atoms with Gasteiger partial charge in [0.05, 0.1) is 31.4 Å². The van der Waals surface area contributed by atoms with E-state index >= 15 is 0 Å². The maximum Gasteiger partial charge on any atom is 0.226 e. The number of carbonyl (C=O) groups excluding carboxylic acids is 1. The van der Waals surface area contributed by atoms with Crippen molar-refractivity contribution in [3.05, 3.63) is 42.5 Å². The number of hydrogen-bond donors (Lipinski definition) is 1. The standard InChI is InChI=1S/C19H21N5O3/c1-12(21-19(25)14-7-8-27-10-14)18-22-17-9-16(20-11-24(17)23-18)13-3-5-15(26-2)6-4-13/h3-6,9,11-12,14H,7-8,10H2,1-2H3,(H,21,25)/t12-,14?/m1/s1. The number of rotatable bonds is 5. The Balaban J connectivity index is 1.53. The third kappa shape index (κ3) is 3.61. The molecule has 2 atom stereocenters. The Bertz CT molecular complexity index is 948. The van der Waals surface area contributed by atoms with Crippen LogP contribution >= 0.6 is 0 Å². The number of hydrogen-bond acceptors (Lipinski definition) is 6. The van der Waals surface area contributed by atoms with Gasteiger partial charge in [0, 0.05) is 18.2 Å². The number of fused-ring (bicyclic) bond motifs is 1. The summed E-state index contributed by atoms with van der Waals surface area (Å²) < 4.78 is 12.1. The van der Waals surface area contributed by atoms with Crippen molar-refractivity contribution in [2.24, 2.45) is 5.92 Å². The third-order valence-corrected chi connectivity index (χ3v) is 4.68. The summed E-state index contributed by atoms with van der Waals surface area (Å²) in [6, 6.07) is 9.25. The molecule has 0 bridgehead atoms. The van der Waals surface area contributed by atoms with Crippen molar-refractivity contribution >= 4 is 11.6 Å². The summed E-state index contributed by atoms with van der Waals surface area (Å²) in [5.74, 6) is 1.24. The van der Waals surface area contributed by atoms with Gasteiger partial charge in [-0.25, -0.2) is 14.5 Å². The molecular weight excluding hydrogens is 346 g/mol. The predicted molar refractivity (Wildman–Crippen MR) is 98.3 cm³/mol. The van der Waals surface area contributed by atoms with Crippen LogP contribution in [0, 0.1) is 5.92 Å². The molecule has 1 aliphatic rings. The molecule has 1 N–H and O–H groups in total. The van der Waals surface area contributed by atoms with Crippen LogP contribution in [0.1, 0.15) is 25.2 Å². The maximum atomic E-state index is 12.3. The molecule has 8 heteroatoms. The van der Waals surface area contributed by atoms with Gasteiger partial charge >= 0.3 is 0 Å². The molecule has 0 saturated carbocycles. The van der Waals surface area contributed by atoms with Crippen LogP contribution in [0.5, 0.6) is 5.75 Å². The second-order valence-corrected chi connectivity index (χ2v) is 6.57. The highest BCUT2D eigenvalue weighted by Crippen LogP contribution is 2.22. The zero-order chi connectivity index (χ0) is 18.8. The first kappa shape index (κ1) is 17.4. The van der Waals surface area contributed by atoms with Crippen molar-refractivity contribution in [3.8, 4) is 17.0 Å². The molecule has 2 aromatic heterocycles. The average molecular weight is 367 g/mol. The minimum Gasteiger partial charge on any atom is -0.497 e. The van der Waals surface area contributed by atoms with Crippen LogP contribution in [0.15, 0.2) is 36.7 Å². The van der Waals surface area contributed by atoms with Crippen LogP contribution in [0.4, 0.5) is 0 Å². The smallest absolute Gasteiger partial charge is 0.226 e. The van der Waals surface area contributed by atoms with E-state index in [1.165, 1.54) is 0 Å². The van der Waals surface area contributed by atoms with E-state index in [-0.39, 0.29) is 17.9 Å². The van der Waals surface area contributed by atoms with Gasteiger partial charge in [0.2, 0.25) is 5.91 Å². The van der Waals surface area contributed by atoms with Gasteiger partial charge < -0.3 is 14.8 Å². The van der Waals surface area contributed by atoms with Gasteiger partial charge in [-0.3, -0.25) is 4.79 Å². The molecule has 0 aliphatic carbocycles. The minimum atomic E-state index is -0.289. The van der Waals surface area contributed by atoms with Crippen molar-refractivity contribution in [2.75, 3.05) is 20.3 Å². The first-order valence-corrected chi connectivity index (χ1v) is 8.89. The van der Waals surface area contributed by atoms with Crippen molar-refractivity contribution < 1.29 is 14.3 Å². The van der Waals surface area contributed by atoms with E-state index in [1.54, 1.807) is 18.0 Å². The number of nitrogens with zero attached hydrogens (tertiary/aromatic N) is 4. The molecule has 1 amide bonds. The Kier molecular flexibility index (Phi) is 4.72. The summed E-state index contributed by atoms with van der Waals surface area (Å²) in [5.41, 5.74) is 2.44. The largest absolute Gasteiger partial charge is 0.497 e. The number of methoxy groups -OCH3 is 1. The van der Waals surface area contributed by atoms with E-state index in [1.807, 2.05) is 37.3 Å². The molecule has 3 heterocycles. The van der Waals surface area contributed by atoms with Crippen molar-refractivity contribution in [1.82, 2.24) is 24.9 Å². The summed E-state index contributed by atoms with van der Waals surface area (Å²) in [6.07, 6.45) is 2.39.